The van der Waals surface area contributed by atoms with E-state index in [1.54, 1.807) is 18.6 Å². The number of carboxylic acids is 1. The fourth-order valence-electron chi connectivity index (χ4n) is 3.03. The summed E-state index contributed by atoms with van der Waals surface area (Å²) in [6.07, 6.45) is 4.25. The molecule has 0 aliphatic carbocycles. The molecule has 27 heavy (non-hydrogen) atoms. The largest absolute Gasteiger partial charge is 0.480 e. The Balaban J connectivity index is 2.13. The first-order valence-electron chi connectivity index (χ1n) is 8.82. The predicted octanol–water partition coefficient (Wildman–Crippen LogP) is 3.23. The predicted molar refractivity (Wildman–Crippen MR) is 106 cm³/mol. The summed E-state index contributed by atoms with van der Waals surface area (Å²) in [4.78, 5) is 15.9. The number of aromatic nitrogens is 2. The van der Waals surface area contributed by atoms with Crippen molar-refractivity contribution < 1.29 is 15.0 Å². The molecule has 0 aliphatic heterocycles. The molecule has 0 unspecified atom stereocenters. The van der Waals surface area contributed by atoms with Crippen LogP contribution in [0, 0.1) is 5.92 Å². The molecule has 1 aromatic carbocycles. The Bertz CT molecular complexity index is 744. The number of halogens is 2. The van der Waals surface area contributed by atoms with E-state index in [4.69, 9.17) is 23.2 Å². The highest BCUT2D eigenvalue weighted by molar-refractivity contribution is 6.34. The fraction of sp³-hybridized carbons (Fsp3) is 0.474. The average Bonchev–Trinajstić information content (AvgIpc) is 2.98. The number of aliphatic carboxylic acids is 1. The SMILES string of the molecule is CC(C)C[C@@H](CO)N[C@@H](Cc1cncn1Cc1cc(Cl)cc(Cl)c1)C(=O)O. The third-order valence-electron chi connectivity index (χ3n) is 4.20. The minimum Gasteiger partial charge on any atom is -0.480 e. The molecule has 0 amide bonds. The van der Waals surface area contributed by atoms with Gasteiger partial charge >= 0.3 is 5.97 Å². The zero-order chi connectivity index (χ0) is 20.0. The minimum atomic E-state index is -0.962. The van der Waals surface area contributed by atoms with Gasteiger partial charge in [0.05, 0.1) is 12.9 Å². The third kappa shape index (κ3) is 6.81. The molecule has 6 nitrogen and oxygen atoms in total. The van der Waals surface area contributed by atoms with Crippen LogP contribution in [0.15, 0.2) is 30.7 Å². The van der Waals surface area contributed by atoms with Crippen LogP contribution in [0.5, 0.6) is 0 Å². The quantitative estimate of drug-likeness (QED) is 0.556. The number of imidazole rings is 1. The molecule has 0 radical (unpaired) electrons. The molecule has 0 bridgehead atoms. The summed E-state index contributed by atoms with van der Waals surface area (Å²) in [6.45, 7) is 4.44. The third-order valence-corrected chi connectivity index (χ3v) is 4.63. The smallest absolute Gasteiger partial charge is 0.321 e. The number of carboxylic acid groups (broad SMARTS) is 1. The van der Waals surface area contributed by atoms with E-state index in [0.29, 0.717) is 28.9 Å². The lowest BCUT2D eigenvalue weighted by Gasteiger charge is -2.23. The van der Waals surface area contributed by atoms with Gasteiger partial charge < -0.3 is 14.8 Å². The van der Waals surface area contributed by atoms with Gasteiger partial charge in [-0.3, -0.25) is 10.1 Å². The van der Waals surface area contributed by atoms with Crippen LogP contribution in [0.4, 0.5) is 0 Å². The number of hydrogen-bond acceptors (Lipinski definition) is 4. The van der Waals surface area contributed by atoms with Gasteiger partial charge in [-0.15, -0.1) is 0 Å². The Morgan fingerprint density at radius 3 is 2.48 bits per heavy atom. The first kappa shape index (κ1) is 21.7. The second-order valence-corrected chi connectivity index (χ2v) is 7.93. The summed E-state index contributed by atoms with van der Waals surface area (Å²) in [5.74, 6) is -0.613. The van der Waals surface area contributed by atoms with Gasteiger partial charge in [-0.25, -0.2) is 4.98 Å². The topological polar surface area (TPSA) is 87.4 Å². The zero-order valence-electron chi connectivity index (χ0n) is 15.4. The Morgan fingerprint density at radius 1 is 1.26 bits per heavy atom. The monoisotopic (exact) mass is 413 g/mol. The van der Waals surface area contributed by atoms with Crippen molar-refractivity contribution in [2.24, 2.45) is 5.92 Å². The summed E-state index contributed by atoms with van der Waals surface area (Å²) >= 11 is 12.1. The molecular weight excluding hydrogens is 389 g/mol. The van der Waals surface area contributed by atoms with Crippen molar-refractivity contribution in [1.82, 2.24) is 14.9 Å². The molecule has 0 aliphatic rings. The first-order chi connectivity index (χ1) is 12.8. The van der Waals surface area contributed by atoms with E-state index < -0.39 is 12.0 Å². The van der Waals surface area contributed by atoms with Crippen molar-refractivity contribution in [2.75, 3.05) is 6.61 Å². The van der Waals surface area contributed by atoms with Crippen LogP contribution in [-0.2, 0) is 17.8 Å². The van der Waals surface area contributed by atoms with Gasteiger partial charge in [-0.05, 0) is 36.1 Å². The Kier molecular flexibility index (Phi) is 8.10. The molecule has 1 aromatic heterocycles. The molecule has 8 heteroatoms. The summed E-state index contributed by atoms with van der Waals surface area (Å²) < 4.78 is 1.87. The molecule has 0 saturated carbocycles. The molecule has 1 heterocycles. The van der Waals surface area contributed by atoms with E-state index in [2.05, 4.69) is 10.3 Å². The number of nitrogens with one attached hydrogen (secondary N) is 1. The Morgan fingerprint density at radius 2 is 1.93 bits per heavy atom. The van der Waals surface area contributed by atoms with Gasteiger partial charge in [0.1, 0.15) is 6.04 Å². The van der Waals surface area contributed by atoms with E-state index in [1.807, 2.05) is 30.5 Å². The van der Waals surface area contributed by atoms with Crippen LogP contribution in [0.1, 0.15) is 31.5 Å². The number of nitrogens with zero attached hydrogens (tertiary/aromatic N) is 2. The Hall–Kier alpha value is -1.60. The lowest BCUT2D eigenvalue weighted by atomic mass is 10.0. The zero-order valence-corrected chi connectivity index (χ0v) is 16.9. The van der Waals surface area contributed by atoms with E-state index in [0.717, 1.165) is 11.3 Å². The normalized spacial score (nSPS) is 13.7. The van der Waals surface area contributed by atoms with Crippen molar-refractivity contribution in [2.45, 2.75) is 45.3 Å². The first-order valence-corrected chi connectivity index (χ1v) is 9.57. The van der Waals surface area contributed by atoms with Crippen molar-refractivity contribution >= 4 is 29.2 Å². The van der Waals surface area contributed by atoms with Gasteiger partial charge in [0.2, 0.25) is 0 Å². The van der Waals surface area contributed by atoms with Crippen LogP contribution in [0.2, 0.25) is 10.0 Å². The number of rotatable bonds is 10. The highest BCUT2D eigenvalue weighted by atomic mass is 35.5. The molecule has 0 spiro atoms. The fourth-order valence-corrected chi connectivity index (χ4v) is 3.61. The standard InChI is InChI=1S/C19H25Cl2N3O3/c1-12(2)3-16(10-25)23-18(19(26)27)7-17-8-22-11-24(17)9-13-4-14(20)6-15(21)5-13/h4-6,8,11-12,16,18,23,25H,3,7,9-10H2,1-2H3,(H,26,27)/t16-,18-/m0/s1. The number of benzene rings is 1. The van der Waals surface area contributed by atoms with E-state index in [1.165, 1.54) is 0 Å². The van der Waals surface area contributed by atoms with Crippen LogP contribution >= 0.6 is 23.2 Å². The molecule has 148 valence electrons. The van der Waals surface area contributed by atoms with Crippen LogP contribution in [-0.4, -0.2) is 44.4 Å². The molecule has 0 saturated heterocycles. The van der Waals surface area contributed by atoms with Crippen LogP contribution < -0.4 is 5.32 Å². The summed E-state index contributed by atoms with van der Waals surface area (Å²) in [5, 5.41) is 23.3. The van der Waals surface area contributed by atoms with Crippen LogP contribution in [0.3, 0.4) is 0 Å². The maximum atomic E-state index is 11.7. The number of aliphatic hydroxyl groups is 1. The van der Waals surface area contributed by atoms with Crippen molar-refractivity contribution in [3.05, 3.63) is 52.0 Å². The number of carbonyl (C=O) groups is 1. The molecule has 0 fully saturated rings. The lowest BCUT2D eigenvalue weighted by Crippen LogP contribution is -2.47. The van der Waals surface area contributed by atoms with Crippen molar-refractivity contribution in [3.63, 3.8) is 0 Å². The molecular formula is C19H25Cl2N3O3. The molecule has 2 atom stereocenters. The van der Waals surface area contributed by atoms with Crippen LogP contribution in [0.25, 0.3) is 0 Å². The molecule has 2 rings (SSSR count). The summed E-state index contributed by atoms with van der Waals surface area (Å²) in [5.41, 5.74) is 1.67. The maximum absolute atomic E-state index is 11.7. The maximum Gasteiger partial charge on any atom is 0.321 e. The lowest BCUT2D eigenvalue weighted by molar-refractivity contribution is -0.139. The molecule has 3 N–H and O–H groups in total. The Labute approximate surface area is 169 Å². The van der Waals surface area contributed by atoms with Gasteiger partial charge in [0.25, 0.3) is 0 Å². The average molecular weight is 414 g/mol. The van der Waals surface area contributed by atoms with Gasteiger partial charge in [-0.1, -0.05) is 37.0 Å². The number of hydrogen-bond donors (Lipinski definition) is 3. The van der Waals surface area contributed by atoms with Gasteiger partial charge in [0, 0.05) is 40.9 Å². The van der Waals surface area contributed by atoms with Gasteiger partial charge in [-0.2, -0.15) is 0 Å². The second kappa shape index (κ2) is 10.1. The highest BCUT2D eigenvalue weighted by Gasteiger charge is 2.23. The van der Waals surface area contributed by atoms with E-state index in [9.17, 15) is 15.0 Å². The molecule has 2 aromatic rings. The minimum absolute atomic E-state index is 0.109. The second-order valence-electron chi connectivity index (χ2n) is 7.06. The summed E-state index contributed by atoms with van der Waals surface area (Å²) in [7, 11) is 0. The van der Waals surface area contributed by atoms with Crippen molar-refractivity contribution in [3.8, 4) is 0 Å². The highest BCUT2D eigenvalue weighted by Crippen LogP contribution is 2.20. The van der Waals surface area contributed by atoms with E-state index >= 15 is 0 Å². The van der Waals surface area contributed by atoms with E-state index in [-0.39, 0.29) is 19.1 Å². The number of aliphatic hydroxyl groups excluding tert-OH is 1. The van der Waals surface area contributed by atoms with Gasteiger partial charge in [0.15, 0.2) is 0 Å². The summed E-state index contributed by atoms with van der Waals surface area (Å²) in [6, 6.07) is 4.20. The van der Waals surface area contributed by atoms with Crippen molar-refractivity contribution in [1.29, 1.82) is 0 Å².